The van der Waals surface area contributed by atoms with Gasteiger partial charge in [-0.1, -0.05) is 18.2 Å². The normalized spacial score (nSPS) is 10.2. The Kier molecular flexibility index (Phi) is 4.22. The van der Waals surface area contributed by atoms with Crippen molar-refractivity contribution in [2.45, 2.75) is 0 Å². The van der Waals surface area contributed by atoms with Crippen molar-refractivity contribution in [1.29, 1.82) is 5.26 Å². The fraction of sp³-hybridized carbons (Fsp3) is 0. The Morgan fingerprint density at radius 2 is 2.00 bits per heavy atom. The van der Waals surface area contributed by atoms with E-state index in [4.69, 9.17) is 5.73 Å². The molecule has 118 valence electrons. The standard InChI is InChI=1S/C17H11FN4OS/c18-11-5-1-2-6-12(11)22-17-10(9-19)14(20)16(24-17)15(23)13-7-3-4-8-21-13/h1-8,22H,20H2. The minimum Gasteiger partial charge on any atom is -0.396 e. The second kappa shape index (κ2) is 6.48. The topological polar surface area (TPSA) is 91.8 Å². The first-order valence-corrected chi connectivity index (χ1v) is 7.73. The van der Waals surface area contributed by atoms with E-state index in [1.165, 1.54) is 18.3 Å². The second-order valence-electron chi connectivity index (χ2n) is 4.81. The highest BCUT2D eigenvalue weighted by molar-refractivity contribution is 7.19. The number of hydrogen-bond acceptors (Lipinski definition) is 6. The smallest absolute Gasteiger partial charge is 0.223 e. The summed E-state index contributed by atoms with van der Waals surface area (Å²) >= 11 is 1.00. The number of aromatic nitrogens is 1. The zero-order chi connectivity index (χ0) is 17.1. The zero-order valence-electron chi connectivity index (χ0n) is 12.3. The molecule has 0 saturated carbocycles. The molecule has 2 heterocycles. The number of anilines is 3. The first kappa shape index (κ1) is 15.6. The first-order chi connectivity index (χ1) is 11.6. The van der Waals surface area contributed by atoms with Gasteiger partial charge in [-0.05, 0) is 24.3 Å². The molecule has 3 N–H and O–H groups in total. The van der Waals surface area contributed by atoms with Crippen LogP contribution >= 0.6 is 11.3 Å². The number of rotatable bonds is 4. The molecule has 0 atom stereocenters. The van der Waals surface area contributed by atoms with Gasteiger partial charge in [0.15, 0.2) is 0 Å². The molecule has 3 aromatic rings. The second-order valence-corrected chi connectivity index (χ2v) is 5.83. The molecule has 0 aliphatic rings. The van der Waals surface area contributed by atoms with Crippen LogP contribution in [0.3, 0.4) is 0 Å². The number of halogens is 1. The molecule has 2 aromatic heterocycles. The predicted molar refractivity (Wildman–Crippen MR) is 90.8 cm³/mol. The monoisotopic (exact) mass is 338 g/mol. The number of benzene rings is 1. The van der Waals surface area contributed by atoms with E-state index in [-0.39, 0.29) is 33.3 Å². The van der Waals surface area contributed by atoms with Crippen molar-refractivity contribution in [2.24, 2.45) is 0 Å². The van der Waals surface area contributed by atoms with Crippen molar-refractivity contribution in [3.8, 4) is 6.07 Å². The molecule has 0 amide bonds. The number of nitrogens with two attached hydrogens (primary N) is 1. The minimum atomic E-state index is -0.467. The summed E-state index contributed by atoms with van der Waals surface area (Å²) in [4.78, 5) is 16.7. The fourth-order valence-electron chi connectivity index (χ4n) is 2.11. The summed E-state index contributed by atoms with van der Waals surface area (Å²) in [5.74, 6) is -0.845. The third kappa shape index (κ3) is 2.83. The molecule has 7 heteroatoms. The SMILES string of the molecule is N#Cc1c(Nc2ccccc2F)sc(C(=O)c2ccccn2)c1N. The number of para-hydroxylation sites is 1. The summed E-state index contributed by atoms with van der Waals surface area (Å²) in [5, 5.41) is 12.5. The Morgan fingerprint density at radius 3 is 2.67 bits per heavy atom. The third-order valence-corrected chi connectivity index (χ3v) is 4.40. The molecule has 0 saturated heterocycles. The van der Waals surface area contributed by atoms with Crippen LogP contribution in [-0.4, -0.2) is 10.8 Å². The quantitative estimate of drug-likeness (QED) is 0.708. The number of hydrogen-bond donors (Lipinski definition) is 2. The zero-order valence-corrected chi connectivity index (χ0v) is 13.1. The van der Waals surface area contributed by atoms with Gasteiger partial charge in [-0.2, -0.15) is 5.26 Å². The van der Waals surface area contributed by atoms with Crippen molar-refractivity contribution < 1.29 is 9.18 Å². The lowest BCUT2D eigenvalue weighted by molar-refractivity contribution is 0.103. The molecule has 0 aliphatic carbocycles. The van der Waals surface area contributed by atoms with Crippen LogP contribution in [0.1, 0.15) is 20.9 Å². The summed E-state index contributed by atoms with van der Waals surface area (Å²) < 4.78 is 13.8. The highest BCUT2D eigenvalue weighted by atomic mass is 32.1. The number of carbonyl (C=O) groups excluding carboxylic acids is 1. The molecular formula is C17H11FN4OS. The molecule has 1 aromatic carbocycles. The fourth-order valence-corrected chi connectivity index (χ4v) is 3.14. The van der Waals surface area contributed by atoms with E-state index < -0.39 is 5.82 Å². The van der Waals surface area contributed by atoms with Crippen molar-refractivity contribution in [3.63, 3.8) is 0 Å². The lowest BCUT2D eigenvalue weighted by Crippen LogP contribution is -2.04. The van der Waals surface area contributed by atoms with Gasteiger partial charge in [-0.3, -0.25) is 9.78 Å². The van der Waals surface area contributed by atoms with Gasteiger partial charge in [0.05, 0.1) is 11.4 Å². The number of pyridine rings is 1. The average Bonchev–Trinajstić information content (AvgIpc) is 2.92. The molecule has 3 rings (SSSR count). The van der Waals surface area contributed by atoms with E-state index in [0.29, 0.717) is 5.00 Å². The van der Waals surface area contributed by atoms with Crippen LogP contribution in [0.4, 0.5) is 20.8 Å². The number of thiophene rings is 1. The van der Waals surface area contributed by atoms with Crippen molar-refractivity contribution in [2.75, 3.05) is 11.1 Å². The molecule has 0 unspecified atom stereocenters. The van der Waals surface area contributed by atoms with Gasteiger partial charge in [0.25, 0.3) is 0 Å². The Hall–Kier alpha value is -3.24. The van der Waals surface area contributed by atoms with Crippen molar-refractivity contribution >= 4 is 33.5 Å². The first-order valence-electron chi connectivity index (χ1n) is 6.91. The van der Waals surface area contributed by atoms with E-state index in [1.807, 2.05) is 6.07 Å². The van der Waals surface area contributed by atoms with Crippen molar-refractivity contribution in [3.05, 3.63) is 70.6 Å². The summed E-state index contributed by atoms with van der Waals surface area (Å²) in [5.41, 5.74) is 6.56. The van der Waals surface area contributed by atoms with Gasteiger partial charge in [-0.15, -0.1) is 11.3 Å². The summed E-state index contributed by atoms with van der Waals surface area (Å²) in [7, 11) is 0. The van der Waals surface area contributed by atoms with Crippen LogP contribution in [0.5, 0.6) is 0 Å². The highest BCUT2D eigenvalue weighted by Crippen LogP contribution is 2.38. The van der Waals surface area contributed by atoms with Gasteiger partial charge in [0, 0.05) is 6.20 Å². The summed E-state index contributed by atoms with van der Waals surface area (Å²) in [6.45, 7) is 0. The van der Waals surface area contributed by atoms with E-state index >= 15 is 0 Å². The van der Waals surface area contributed by atoms with Gasteiger partial charge in [0.1, 0.15) is 33.0 Å². The predicted octanol–water partition coefficient (Wildman–Crippen LogP) is 3.71. The van der Waals surface area contributed by atoms with Gasteiger partial charge >= 0.3 is 0 Å². The number of nitrogens with one attached hydrogen (secondary N) is 1. The molecule has 24 heavy (non-hydrogen) atoms. The van der Waals surface area contributed by atoms with Gasteiger partial charge in [-0.25, -0.2) is 4.39 Å². The molecule has 0 aliphatic heterocycles. The molecule has 5 nitrogen and oxygen atoms in total. The molecule has 0 spiro atoms. The van der Waals surface area contributed by atoms with Crippen LogP contribution in [0.2, 0.25) is 0 Å². The summed E-state index contributed by atoms with van der Waals surface area (Å²) in [6, 6.07) is 13.0. The van der Waals surface area contributed by atoms with Gasteiger partial charge < -0.3 is 11.1 Å². The van der Waals surface area contributed by atoms with Crippen LogP contribution in [0.25, 0.3) is 0 Å². The highest BCUT2D eigenvalue weighted by Gasteiger charge is 2.23. The molecule has 0 radical (unpaired) electrons. The van der Waals surface area contributed by atoms with E-state index in [0.717, 1.165) is 11.3 Å². The van der Waals surface area contributed by atoms with Crippen molar-refractivity contribution in [1.82, 2.24) is 4.98 Å². The maximum Gasteiger partial charge on any atom is 0.223 e. The number of carbonyl (C=O) groups is 1. The Morgan fingerprint density at radius 1 is 1.25 bits per heavy atom. The summed E-state index contributed by atoms with van der Waals surface area (Å²) in [6.07, 6.45) is 1.50. The van der Waals surface area contributed by atoms with E-state index in [1.54, 1.807) is 30.3 Å². The van der Waals surface area contributed by atoms with Gasteiger partial charge in [0.2, 0.25) is 5.78 Å². The number of nitrogen functional groups attached to an aromatic ring is 1. The Balaban J connectivity index is 2.02. The Bertz CT molecular complexity index is 947. The molecule has 0 fully saturated rings. The van der Waals surface area contributed by atoms with Crippen LogP contribution in [0.15, 0.2) is 48.7 Å². The average molecular weight is 338 g/mol. The maximum atomic E-state index is 13.8. The van der Waals surface area contributed by atoms with E-state index in [2.05, 4.69) is 10.3 Å². The minimum absolute atomic E-state index is 0.0667. The maximum absolute atomic E-state index is 13.8. The largest absolute Gasteiger partial charge is 0.396 e. The lowest BCUT2D eigenvalue weighted by Gasteiger charge is -2.04. The van der Waals surface area contributed by atoms with Crippen LogP contribution in [0, 0.1) is 17.1 Å². The van der Waals surface area contributed by atoms with E-state index in [9.17, 15) is 14.4 Å². The third-order valence-electron chi connectivity index (χ3n) is 3.28. The Labute approximate surface area is 141 Å². The molecular weight excluding hydrogens is 327 g/mol. The molecule has 0 bridgehead atoms. The van der Waals surface area contributed by atoms with Crippen LogP contribution < -0.4 is 11.1 Å². The number of ketones is 1. The number of nitriles is 1. The van der Waals surface area contributed by atoms with Crippen LogP contribution in [-0.2, 0) is 0 Å². The lowest BCUT2D eigenvalue weighted by atomic mass is 10.1. The number of nitrogens with zero attached hydrogens (tertiary/aromatic N) is 2.